The number of hydrogen-bond donors (Lipinski definition) is 3. The summed E-state index contributed by atoms with van der Waals surface area (Å²) in [5.41, 5.74) is 5.42. The summed E-state index contributed by atoms with van der Waals surface area (Å²) in [5.74, 6) is 0.214. The third-order valence-corrected chi connectivity index (χ3v) is 2.87. The maximum Gasteiger partial charge on any atom is 0.239 e. The normalized spacial score (nSPS) is 20.6. The van der Waals surface area contributed by atoms with Gasteiger partial charge in [0.1, 0.15) is 5.84 Å². The van der Waals surface area contributed by atoms with E-state index in [1.54, 1.807) is 4.90 Å². The van der Waals surface area contributed by atoms with Gasteiger partial charge in [0.25, 0.3) is 0 Å². The molecule has 104 valence electrons. The lowest BCUT2D eigenvalue weighted by Gasteiger charge is -2.30. The number of hydrogen-bond acceptors (Lipinski definition) is 5. The molecule has 2 unspecified atom stereocenters. The zero-order chi connectivity index (χ0) is 13.5. The van der Waals surface area contributed by atoms with Crippen molar-refractivity contribution in [1.82, 2.24) is 10.2 Å². The van der Waals surface area contributed by atoms with E-state index in [1.165, 1.54) is 0 Å². The van der Waals surface area contributed by atoms with Crippen LogP contribution < -0.4 is 11.1 Å². The minimum atomic E-state index is -0.287. The summed E-state index contributed by atoms with van der Waals surface area (Å²) in [6.07, 6.45) is 0.400. The number of ether oxygens (including phenoxy) is 1. The predicted octanol–water partition coefficient (Wildman–Crippen LogP) is -0.652. The van der Waals surface area contributed by atoms with Crippen molar-refractivity contribution in [2.24, 2.45) is 10.9 Å². The standard InChI is InChI=1S/C11H22N4O3/c1-8(7-10(12)14-17)13-9(2)11(16)15-3-5-18-6-4-15/h8-9,13,17H,3-7H2,1-2H3,(H2,12,14). The molecule has 0 aromatic rings. The second kappa shape index (κ2) is 7.17. The highest BCUT2D eigenvalue weighted by molar-refractivity contribution is 5.82. The van der Waals surface area contributed by atoms with E-state index in [4.69, 9.17) is 15.7 Å². The van der Waals surface area contributed by atoms with E-state index in [0.29, 0.717) is 32.7 Å². The summed E-state index contributed by atoms with van der Waals surface area (Å²) < 4.78 is 5.20. The predicted molar refractivity (Wildman–Crippen MR) is 67.5 cm³/mol. The van der Waals surface area contributed by atoms with Gasteiger partial charge in [0.2, 0.25) is 5.91 Å². The first-order valence-corrected chi connectivity index (χ1v) is 6.13. The molecule has 7 heteroatoms. The van der Waals surface area contributed by atoms with E-state index in [9.17, 15) is 4.79 Å². The van der Waals surface area contributed by atoms with E-state index in [2.05, 4.69) is 10.5 Å². The summed E-state index contributed by atoms with van der Waals surface area (Å²) in [7, 11) is 0. The van der Waals surface area contributed by atoms with E-state index in [-0.39, 0.29) is 23.8 Å². The molecule has 1 aliphatic rings. The van der Waals surface area contributed by atoms with Gasteiger partial charge < -0.3 is 25.9 Å². The minimum Gasteiger partial charge on any atom is -0.409 e. The van der Waals surface area contributed by atoms with Crippen molar-refractivity contribution in [3.63, 3.8) is 0 Å². The Kier molecular flexibility index (Phi) is 5.87. The monoisotopic (exact) mass is 258 g/mol. The van der Waals surface area contributed by atoms with Crippen molar-refractivity contribution in [3.05, 3.63) is 0 Å². The van der Waals surface area contributed by atoms with Crippen molar-refractivity contribution in [2.45, 2.75) is 32.4 Å². The van der Waals surface area contributed by atoms with Gasteiger partial charge in [0.15, 0.2) is 0 Å². The second-order valence-corrected chi connectivity index (χ2v) is 4.52. The van der Waals surface area contributed by atoms with Crippen LogP contribution >= 0.6 is 0 Å². The molecule has 18 heavy (non-hydrogen) atoms. The van der Waals surface area contributed by atoms with E-state index < -0.39 is 0 Å². The molecule has 0 saturated carbocycles. The van der Waals surface area contributed by atoms with Gasteiger partial charge in [-0.2, -0.15) is 0 Å². The maximum atomic E-state index is 12.1. The summed E-state index contributed by atoms with van der Waals surface area (Å²) in [6, 6.07) is -0.314. The molecule has 1 fully saturated rings. The topological polar surface area (TPSA) is 100 Å². The Balaban J connectivity index is 2.38. The highest BCUT2D eigenvalue weighted by atomic mass is 16.5. The number of morpholine rings is 1. The summed E-state index contributed by atoms with van der Waals surface area (Å²) in [4.78, 5) is 13.9. The number of amidine groups is 1. The SMILES string of the molecule is CC(CC(N)=NO)NC(C)C(=O)N1CCOCC1. The molecule has 2 atom stereocenters. The van der Waals surface area contributed by atoms with Crippen molar-refractivity contribution < 1.29 is 14.7 Å². The fraction of sp³-hybridized carbons (Fsp3) is 0.818. The highest BCUT2D eigenvalue weighted by Crippen LogP contribution is 2.02. The largest absolute Gasteiger partial charge is 0.409 e. The van der Waals surface area contributed by atoms with Crippen LogP contribution in [0.2, 0.25) is 0 Å². The van der Waals surface area contributed by atoms with Gasteiger partial charge in [-0.15, -0.1) is 0 Å². The number of carbonyl (C=O) groups is 1. The molecule has 1 aliphatic heterocycles. The Labute approximate surface area is 107 Å². The summed E-state index contributed by atoms with van der Waals surface area (Å²) in [6.45, 7) is 6.18. The number of nitrogens with zero attached hydrogens (tertiary/aromatic N) is 2. The van der Waals surface area contributed by atoms with Gasteiger partial charge >= 0.3 is 0 Å². The molecule has 0 radical (unpaired) electrons. The van der Waals surface area contributed by atoms with Gasteiger partial charge in [-0.3, -0.25) is 4.79 Å². The van der Waals surface area contributed by atoms with Crippen LogP contribution in [0.25, 0.3) is 0 Å². The molecule has 7 nitrogen and oxygen atoms in total. The lowest BCUT2D eigenvalue weighted by Crippen LogP contribution is -2.51. The van der Waals surface area contributed by atoms with Crippen LogP contribution in [0.15, 0.2) is 5.16 Å². The van der Waals surface area contributed by atoms with E-state index >= 15 is 0 Å². The van der Waals surface area contributed by atoms with Gasteiger partial charge in [-0.25, -0.2) is 0 Å². The van der Waals surface area contributed by atoms with Crippen molar-refractivity contribution >= 4 is 11.7 Å². The molecule has 0 aromatic carbocycles. The van der Waals surface area contributed by atoms with Crippen LogP contribution in [0.4, 0.5) is 0 Å². The van der Waals surface area contributed by atoms with Crippen LogP contribution in [0, 0.1) is 0 Å². The number of nitrogens with two attached hydrogens (primary N) is 1. The Morgan fingerprint density at radius 1 is 1.50 bits per heavy atom. The second-order valence-electron chi connectivity index (χ2n) is 4.52. The molecular formula is C11H22N4O3. The minimum absolute atomic E-state index is 0.0270. The lowest BCUT2D eigenvalue weighted by atomic mass is 10.2. The van der Waals surface area contributed by atoms with Crippen LogP contribution in [0.1, 0.15) is 20.3 Å². The molecule has 1 rings (SSSR count). The average molecular weight is 258 g/mol. The fourth-order valence-corrected chi connectivity index (χ4v) is 1.97. The molecule has 0 bridgehead atoms. The zero-order valence-corrected chi connectivity index (χ0v) is 10.9. The zero-order valence-electron chi connectivity index (χ0n) is 10.9. The van der Waals surface area contributed by atoms with Crippen LogP contribution in [0.5, 0.6) is 0 Å². The molecule has 0 aliphatic carbocycles. The van der Waals surface area contributed by atoms with Crippen LogP contribution in [-0.4, -0.2) is 60.2 Å². The highest BCUT2D eigenvalue weighted by Gasteiger charge is 2.23. The number of nitrogens with one attached hydrogen (secondary N) is 1. The Hall–Kier alpha value is -1.34. The van der Waals surface area contributed by atoms with Gasteiger partial charge in [0, 0.05) is 25.6 Å². The van der Waals surface area contributed by atoms with E-state index in [0.717, 1.165) is 0 Å². The third kappa shape index (κ3) is 4.50. The number of rotatable bonds is 5. The molecule has 1 heterocycles. The Morgan fingerprint density at radius 2 is 2.11 bits per heavy atom. The van der Waals surface area contributed by atoms with Crippen LogP contribution in [0.3, 0.4) is 0 Å². The van der Waals surface area contributed by atoms with Crippen molar-refractivity contribution in [3.8, 4) is 0 Å². The van der Waals surface area contributed by atoms with Crippen molar-refractivity contribution in [2.75, 3.05) is 26.3 Å². The van der Waals surface area contributed by atoms with Gasteiger partial charge in [-0.1, -0.05) is 5.16 Å². The molecule has 4 N–H and O–H groups in total. The fourth-order valence-electron chi connectivity index (χ4n) is 1.97. The molecule has 0 spiro atoms. The van der Waals surface area contributed by atoms with Crippen LogP contribution in [-0.2, 0) is 9.53 Å². The smallest absolute Gasteiger partial charge is 0.239 e. The first-order valence-electron chi connectivity index (χ1n) is 6.13. The summed E-state index contributed by atoms with van der Waals surface area (Å²) >= 11 is 0. The summed E-state index contributed by atoms with van der Waals surface area (Å²) in [5, 5.41) is 14.5. The quantitative estimate of drug-likeness (QED) is 0.263. The molecule has 0 aromatic heterocycles. The third-order valence-electron chi connectivity index (χ3n) is 2.87. The molecule has 1 saturated heterocycles. The Morgan fingerprint density at radius 3 is 2.67 bits per heavy atom. The first-order chi connectivity index (χ1) is 8.54. The van der Waals surface area contributed by atoms with Gasteiger partial charge in [0.05, 0.1) is 19.3 Å². The van der Waals surface area contributed by atoms with Crippen molar-refractivity contribution in [1.29, 1.82) is 0 Å². The number of amides is 1. The average Bonchev–Trinajstić information content (AvgIpc) is 2.38. The number of oxime groups is 1. The van der Waals surface area contributed by atoms with Gasteiger partial charge in [-0.05, 0) is 13.8 Å². The number of carbonyl (C=O) groups excluding carboxylic acids is 1. The lowest BCUT2D eigenvalue weighted by molar-refractivity contribution is -0.137. The molecular weight excluding hydrogens is 236 g/mol. The maximum absolute atomic E-state index is 12.1. The molecule has 1 amide bonds. The first kappa shape index (κ1) is 14.7. The Bertz CT molecular complexity index is 303. The van der Waals surface area contributed by atoms with E-state index in [1.807, 2.05) is 13.8 Å².